The number of esters is 1. The van der Waals surface area contributed by atoms with Crippen LogP contribution in [0.2, 0.25) is 0 Å². The summed E-state index contributed by atoms with van der Waals surface area (Å²) in [5.74, 6) is -1.50. The van der Waals surface area contributed by atoms with E-state index in [0.717, 1.165) is 11.2 Å². The summed E-state index contributed by atoms with van der Waals surface area (Å²) in [4.78, 5) is 51.7. The predicted molar refractivity (Wildman–Crippen MR) is 180 cm³/mol. The molecule has 49 heavy (non-hydrogen) atoms. The monoisotopic (exact) mass is 690 g/mol. The summed E-state index contributed by atoms with van der Waals surface area (Å²) in [7, 11) is -4.70. The third-order valence-corrected chi connectivity index (χ3v) is 7.95. The van der Waals surface area contributed by atoms with Gasteiger partial charge in [0.15, 0.2) is 5.69 Å². The Bertz CT molecular complexity index is 1870. The standard InChI is InChI=1S/C35H38N4O9S/c1-5-21-38(36-33(42)48-35(2,3)4)31(40)28-18-16-27(17-19-28)29-20-22-39(30(29)32(41)46-23-25-12-8-6-9-13-25)49(44,45)37-34(43)47-24-26-14-10-7-11-15-26/h6-20,22H,5,21,23-24H2,1-4H3,(H,36,42)(H,37,43). The van der Waals surface area contributed by atoms with Gasteiger partial charge in [0, 0.05) is 23.9 Å². The minimum Gasteiger partial charge on any atom is -0.456 e. The number of amides is 3. The van der Waals surface area contributed by atoms with Crippen molar-refractivity contribution in [3.05, 3.63) is 120 Å². The number of carbonyl (C=O) groups excluding carboxylic acids is 4. The molecule has 13 nitrogen and oxygen atoms in total. The minimum absolute atomic E-state index is 0.150. The van der Waals surface area contributed by atoms with Crippen LogP contribution in [-0.4, -0.2) is 53.6 Å². The van der Waals surface area contributed by atoms with E-state index in [2.05, 4.69) is 5.43 Å². The summed E-state index contributed by atoms with van der Waals surface area (Å²) in [5.41, 5.74) is 3.34. The van der Waals surface area contributed by atoms with Crippen molar-refractivity contribution in [2.75, 3.05) is 6.54 Å². The van der Waals surface area contributed by atoms with Crippen LogP contribution in [0.1, 0.15) is 66.1 Å². The predicted octanol–water partition coefficient (Wildman–Crippen LogP) is 5.82. The van der Waals surface area contributed by atoms with Crippen molar-refractivity contribution in [2.45, 2.75) is 52.9 Å². The van der Waals surface area contributed by atoms with Crippen LogP contribution in [0, 0.1) is 0 Å². The molecule has 3 amide bonds. The van der Waals surface area contributed by atoms with Crippen LogP contribution in [0.3, 0.4) is 0 Å². The van der Waals surface area contributed by atoms with Gasteiger partial charge in [-0.1, -0.05) is 79.7 Å². The fraction of sp³-hybridized carbons (Fsp3) is 0.257. The smallest absolute Gasteiger partial charge is 0.426 e. The summed E-state index contributed by atoms with van der Waals surface area (Å²) in [5, 5.41) is 1.14. The van der Waals surface area contributed by atoms with Gasteiger partial charge in [-0.2, -0.15) is 8.42 Å². The molecule has 0 fully saturated rings. The number of hydrogen-bond acceptors (Lipinski definition) is 9. The van der Waals surface area contributed by atoms with Gasteiger partial charge in [0.1, 0.15) is 18.8 Å². The normalized spacial score (nSPS) is 11.3. The van der Waals surface area contributed by atoms with E-state index in [1.165, 1.54) is 30.3 Å². The van der Waals surface area contributed by atoms with Crippen LogP contribution in [0.5, 0.6) is 0 Å². The van der Waals surface area contributed by atoms with E-state index in [0.29, 0.717) is 27.1 Å². The van der Waals surface area contributed by atoms with Gasteiger partial charge in [-0.3, -0.25) is 4.79 Å². The number of hydrogen-bond donors (Lipinski definition) is 2. The number of ether oxygens (including phenoxy) is 3. The highest BCUT2D eigenvalue weighted by Crippen LogP contribution is 2.28. The molecule has 4 aromatic rings. The fourth-order valence-corrected chi connectivity index (χ4v) is 5.54. The summed E-state index contributed by atoms with van der Waals surface area (Å²) in [6, 6.07) is 24.9. The zero-order chi connectivity index (χ0) is 35.6. The number of hydrazine groups is 1. The number of benzene rings is 3. The van der Waals surface area contributed by atoms with E-state index >= 15 is 0 Å². The molecule has 14 heteroatoms. The molecule has 0 aliphatic heterocycles. The van der Waals surface area contributed by atoms with Crippen LogP contribution in [0.25, 0.3) is 11.1 Å². The largest absolute Gasteiger partial charge is 0.456 e. The first kappa shape index (κ1) is 36.2. The molecule has 2 N–H and O–H groups in total. The van der Waals surface area contributed by atoms with Gasteiger partial charge >= 0.3 is 28.4 Å². The highest BCUT2D eigenvalue weighted by Gasteiger charge is 2.29. The SMILES string of the molecule is CCCN(NC(=O)OC(C)(C)C)C(=O)c1ccc(-c2ccn(S(=O)(=O)NC(=O)OCc3ccccc3)c2C(=O)OCc2ccccc2)cc1. The van der Waals surface area contributed by atoms with Gasteiger partial charge in [-0.25, -0.2) is 33.5 Å². The van der Waals surface area contributed by atoms with Crippen LogP contribution in [0.15, 0.2) is 97.2 Å². The van der Waals surface area contributed by atoms with E-state index in [-0.39, 0.29) is 30.9 Å². The van der Waals surface area contributed by atoms with Gasteiger partial charge in [0.25, 0.3) is 5.91 Å². The Hall–Kier alpha value is -5.63. The van der Waals surface area contributed by atoms with Gasteiger partial charge in [-0.05, 0) is 62.1 Å². The van der Waals surface area contributed by atoms with Crippen molar-refractivity contribution < 1.29 is 41.8 Å². The molecule has 0 aliphatic carbocycles. The van der Waals surface area contributed by atoms with E-state index in [9.17, 15) is 27.6 Å². The van der Waals surface area contributed by atoms with E-state index in [4.69, 9.17) is 14.2 Å². The van der Waals surface area contributed by atoms with E-state index in [1.807, 2.05) is 11.6 Å². The van der Waals surface area contributed by atoms with Crippen LogP contribution >= 0.6 is 0 Å². The Morgan fingerprint density at radius 3 is 1.90 bits per heavy atom. The molecule has 258 valence electrons. The molecule has 0 saturated heterocycles. The molecule has 3 aromatic carbocycles. The Kier molecular flexibility index (Phi) is 11.8. The van der Waals surface area contributed by atoms with Crippen LogP contribution < -0.4 is 10.1 Å². The second-order valence-corrected chi connectivity index (χ2v) is 13.3. The molecule has 0 aliphatic rings. The number of aromatic nitrogens is 1. The highest BCUT2D eigenvalue weighted by molar-refractivity contribution is 7.88. The maximum atomic E-state index is 13.5. The molecule has 4 rings (SSSR count). The second-order valence-electron chi connectivity index (χ2n) is 11.8. The summed E-state index contributed by atoms with van der Waals surface area (Å²) in [6.45, 7) is 6.83. The number of carbonyl (C=O) groups is 4. The Morgan fingerprint density at radius 2 is 1.35 bits per heavy atom. The Labute approximate surface area is 284 Å². The quantitative estimate of drug-likeness (QED) is 0.112. The maximum Gasteiger partial charge on any atom is 0.426 e. The first-order valence-electron chi connectivity index (χ1n) is 15.4. The molecule has 0 unspecified atom stereocenters. The van der Waals surface area contributed by atoms with Crippen molar-refractivity contribution >= 4 is 34.3 Å². The maximum absolute atomic E-state index is 13.5. The van der Waals surface area contributed by atoms with Crippen LogP contribution in [0.4, 0.5) is 9.59 Å². The zero-order valence-electron chi connectivity index (χ0n) is 27.5. The lowest BCUT2D eigenvalue weighted by Gasteiger charge is -2.26. The van der Waals surface area contributed by atoms with E-state index < -0.39 is 45.6 Å². The first-order chi connectivity index (χ1) is 23.3. The average molecular weight is 691 g/mol. The van der Waals surface area contributed by atoms with Crippen LogP contribution in [-0.2, 0) is 37.6 Å². The summed E-state index contributed by atoms with van der Waals surface area (Å²) < 4.78 is 45.1. The molecule has 0 saturated carbocycles. The number of nitrogens with one attached hydrogen (secondary N) is 2. The van der Waals surface area contributed by atoms with Gasteiger partial charge in [0.2, 0.25) is 0 Å². The molecular weight excluding hydrogens is 652 g/mol. The summed E-state index contributed by atoms with van der Waals surface area (Å²) >= 11 is 0. The van der Waals surface area contributed by atoms with Gasteiger partial charge in [0.05, 0.1) is 0 Å². The third-order valence-electron chi connectivity index (χ3n) is 6.70. The van der Waals surface area contributed by atoms with Gasteiger partial charge < -0.3 is 14.2 Å². The molecular formula is C35H38N4O9S. The van der Waals surface area contributed by atoms with Crippen molar-refractivity contribution in [1.29, 1.82) is 0 Å². The first-order valence-corrected chi connectivity index (χ1v) is 16.8. The zero-order valence-corrected chi connectivity index (χ0v) is 28.4. The molecule has 0 bridgehead atoms. The molecule has 0 radical (unpaired) electrons. The molecule has 1 aromatic heterocycles. The second kappa shape index (κ2) is 16.0. The van der Waals surface area contributed by atoms with Gasteiger partial charge in [-0.15, -0.1) is 0 Å². The van der Waals surface area contributed by atoms with Crippen molar-refractivity contribution in [3.8, 4) is 11.1 Å². The lowest BCUT2D eigenvalue weighted by Crippen LogP contribution is -2.48. The lowest BCUT2D eigenvalue weighted by molar-refractivity contribution is 0.0294. The fourth-order valence-electron chi connectivity index (χ4n) is 4.54. The average Bonchev–Trinajstić information content (AvgIpc) is 3.52. The topological polar surface area (TPSA) is 162 Å². The van der Waals surface area contributed by atoms with Crippen molar-refractivity contribution in [2.24, 2.45) is 0 Å². The van der Waals surface area contributed by atoms with Crippen molar-refractivity contribution in [1.82, 2.24) is 19.1 Å². The number of rotatable bonds is 11. The lowest BCUT2D eigenvalue weighted by atomic mass is 10.0. The summed E-state index contributed by atoms with van der Waals surface area (Å²) in [6.07, 6.45) is -0.385. The Morgan fingerprint density at radius 1 is 0.776 bits per heavy atom. The number of nitrogens with zero attached hydrogens (tertiary/aromatic N) is 2. The molecule has 0 spiro atoms. The van der Waals surface area contributed by atoms with Crippen molar-refractivity contribution in [3.63, 3.8) is 0 Å². The molecule has 0 atom stereocenters. The third kappa shape index (κ3) is 10.2. The Balaban J connectivity index is 1.60. The van der Waals surface area contributed by atoms with E-state index in [1.54, 1.807) is 81.4 Å². The highest BCUT2D eigenvalue weighted by atomic mass is 32.2. The minimum atomic E-state index is -4.70. The molecule has 1 heterocycles.